The van der Waals surface area contributed by atoms with Crippen LogP contribution >= 0.6 is 11.3 Å². The smallest absolute Gasteiger partial charge is 0.410 e. The number of hydrogen-bond acceptors (Lipinski definition) is 7. The first kappa shape index (κ1) is 29.0. The van der Waals surface area contributed by atoms with Gasteiger partial charge in [0.05, 0.1) is 23.6 Å². The number of nitrogens with one attached hydrogen (secondary N) is 1. The van der Waals surface area contributed by atoms with Gasteiger partial charge in [0, 0.05) is 43.7 Å². The van der Waals surface area contributed by atoms with Crippen molar-refractivity contribution in [3.8, 4) is 0 Å². The standard InChI is InChI=1S/C27H36N4O6S2/c1-4-6-14-29(3)39(35,36)20-11-9-19(10-12-20)24(32)28-25-23(26(33)30-15-7-8-16-30)21-13-17-31(18-22(21)38-25)27(34)37-5-2/h9-12H,4-8,13-18H2,1-3H3,(H,28,32). The van der Waals surface area contributed by atoms with Crippen LogP contribution in [0.1, 0.15) is 70.7 Å². The van der Waals surface area contributed by atoms with Gasteiger partial charge in [-0.2, -0.15) is 0 Å². The van der Waals surface area contributed by atoms with E-state index in [1.807, 2.05) is 11.8 Å². The summed E-state index contributed by atoms with van der Waals surface area (Å²) in [6, 6.07) is 5.82. The van der Waals surface area contributed by atoms with Crippen LogP contribution in [-0.2, 0) is 27.7 Å². The Morgan fingerprint density at radius 1 is 1.05 bits per heavy atom. The minimum absolute atomic E-state index is 0.110. The summed E-state index contributed by atoms with van der Waals surface area (Å²) in [6.45, 7) is 6.55. The Morgan fingerprint density at radius 3 is 2.38 bits per heavy atom. The molecule has 0 saturated carbocycles. The maximum atomic E-state index is 13.5. The Morgan fingerprint density at radius 2 is 1.74 bits per heavy atom. The number of unbranched alkanes of at least 4 members (excludes halogenated alkanes) is 1. The number of rotatable bonds is 9. The van der Waals surface area contributed by atoms with Crippen LogP contribution in [0.5, 0.6) is 0 Å². The van der Waals surface area contributed by atoms with E-state index in [-0.39, 0.29) is 23.0 Å². The minimum atomic E-state index is -3.65. The maximum Gasteiger partial charge on any atom is 0.410 e. The molecule has 4 rings (SSSR count). The number of anilines is 1. The fraction of sp³-hybridized carbons (Fsp3) is 0.519. The van der Waals surface area contributed by atoms with Crippen LogP contribution < -0.4 is 5.32 Å². The molecule has 1 aromatic heterocycles. The van der Waals surface area contributed by atoms with E-state index < -0.39 is 22.0 Å². The molecule has 0 atom stereocenters. The molecule has 0 unspecified atom stereocenters. The van der Waals surface area contributed by atoms with E-state index in [4.69, 9.17) is 4.74 Å². The highest BCUT2D eigenvalue weighted by Crippen LogP contribution is 2.39. The number of carbonyl (C=O) groups is 3. The van der Waals surface area contributed by atoms with Crippen molar-refractivity contribution in [2.75, 3.05) is 45.2 Å². The van der Waals surface area contributed by atoms with E-state index >= 15 is 0 Å². The summed E-state index contributed by atoms with van der Waals surface area (Å²) in [7, 11) is -2.10. The molecule has 12 heteroatoms. The third-order valence-corrected chi connectivity index (χ3v) is 10.1. The fourth-order valence-corrected chi connectivity index (χ4v) is 7.26. The molecule has 0 bridgehead atoms. The number of carbonyl (C=O) groups excluding carboxylic acids is 3. The second-order valence-corrected chi connectivity index (χ2v) is 12.9. The largest absolute Gasteiger partial charge is 0.450 e. The van der Waals surface area contributed by atoms with Crippen molar-refractivity contribution >= 4 is 44.3 Å². The molecule has 1 N–H and O–H groups in total. The van der Waals surface area contributed by atoms with Gasteiger partial charge in [-0.1, -0.05) is 13.3 Å². The number of thiophene rings is 1. The number of fused-ring (bicyclic) bond motifs is 1. The zero-order valence-corrected chi connectivity index (χ0v) is 24.3. The number of ether oxygens (including phenoxy) is 1. The van der Waals surface area contributed by atoms with E-state index in [9.17, 15) is 22.8 Å². The van der Waals surface area contributed by atoms with Gasteiger partial charge in [-0.25, -0.2) is 17.5 Å². The van der Waals surface area contributed by atoms with Gasteiger partial charge in [-0.15, -0.1) is 11.3 Å². The van der Waals surface area contributed by atoms with Gasteiger partial charge < -0.3 is 19.9 Å². The quantitative estimate of drug-likeness (QED) is 0.479. The van der Waals surface area contributed by atoms with Gasteiger partial charge in [0.1, 0.15) is 5.00 Å². The van der Waals surface area contributed by atoms with Crippen LogP contribution in [0.25, 0.3) is 0 Å². The molecule has 0 radical (unpaired) electrons. The van der Waals surface area contributed by atoms with Crippen molar-refractivity contribution < 1.29 is 27.5 Å². The van der Waals surface area contributed by atoms with E-state index in [1.165, 1.54) is 39.9 Å². The first-order valence-corrected chi connectivity index (χ1v) is 15.7. The van der Waals surface area contributed by atoms with Crippen molar-refractivity contribution in [2.24, 2.45) is 0 Å². The SMILES string of the molecule is CCCCN(C)S(=O)(=O)c1ccc(C(=O)Nc2sc3c(c2C(=O)N2CCCC2)CCN(C(=O)OCC)C3)cc1. The van der Waals surface area contributed by atoms with E-state index in [2.05, 4.69) is 5.32 Å². The van der Waals surface area contributed by atoms with E-state index in [0.29, 0.717) is 49.7 Å². The predicted octanol–water partition coefficient (Wildman–Crippen LogP) is 4.17. The number of hydrogen-bond donors (Lipinski definition) is 1. The van der Waals surface area contributed by atoms with Crippen LogP contribution in [0.15, 0.2) is 29.2 Å². The lowest BCUT2D eigenvalue weighted by Gasteiger charge is -2.26. The van der Waals surface area contributed by atoms with E-state index in [1.54, 1.807) is 18.9 Å². The summed E-state index contributed by atoms with van der Waals surface area (Å²) in [5.41, 5.74) is 1.64. The van der Waals surface area contributed by atoms with Crippen molar-refractivity contribution in [1.29, 1.82) is 0 Å². The Bertz CT molecular complexity index is 1320. The minimum Gasteiger partial charge on any atom is -0.450 e. The highest BCUT2D eigenvalue weighted by atomic mass is 32.2. The van der Waals surface area contributed by atoms with Crippen LogP contribution in [0.3, 0.4) is 0 Å². The number of amides is 3. The molecule has 3 heterocycles. The zero-order valence-electron chi connectivity index (χ0n) is 22.7. The Kier molecular flexibility index (Phi) is 9.29. The summed E-state index contributed by atoms with van der Waals surface area (Å²) < 4.78 is 32.1. The Hall–Kier alpha value is -2.96. The van der Waals surface area contributed by atoms with Crippen LogP contribution in [0.2, 0.25) is 0 Å². The van der Waals surface area contributed by atoms with Gasteiger partial charge in [-0.3, -0.25) is 9.59 Å². The number of nitrogens with zero attached hydrogens (tertiary/aromatic N) is 3. The van der Waals surface area contributed by atoms with Crippen LogP contribution in [0, 0.1) is 0 Å². The van der Waals surface area contributed by atoms with E-state index in [0.717, 1.165) is 36.1 Å². The molecular formula is C27H36N4O6S2. The molecule has 39 heavy (non-hydrogen) atoms. The second kappa shape index (κ2) is 12.5. The monoisotopic (exact) mass is 576 g/mol. The van der Waals surface area contributed by atoms with Gasteiger partial charge in [0.25, 0.3) is 11.8 Å². The molecule has 2 aliphatic heterocycles. The molecule has 1 saturated heterocycles. The lowest BCUT2D eigenvalue weighted by Crippen LogP contribution is -2.36. The summed E-state index contributed by atoms with van der Waals surface area (Å²) in [5.74, 6) is -0.545. The first-order chi connectivity index (χ1) is 18.7. The average Bonchev–Trinajstić information content (AvgIpc) is 3.59. The van der Waals surface area contributed by atoms with Gasteiger partial charge in [-0.05, 0) is 62.4 Å². The molecule has 0 spiro atoms. The third-order valence-electron chi connectivity index (χ3n) is 7.07. The summed E-state index contributed by atoms with van der Waals surface area (Å²) in [4.78, 5) is 43.5. The van der Waals surface area contributed by atoms with Crippen molar-refractivity contribution in [3.05, 3.63) is 45.8 Å². The van der Waals surface area contributed by atoms with Crippen molar-refractivity contribution in [3.63, 3.8) is 0 Å². The summed E-state index contributed by atoms with van der Waals surface area (Å²) >= 11 is 1.30. The molecule has 2 aromatic rings. The van der Waals surface area contributed by atoms with Crippen LogP contribution in [-0.4, -0.2) is 80.3 Å². The molecule has 0 aliphatic carbocycles. The summed E-state index contributed by atoms with van der Waals surface area (Å²) in [6.07, 6.45) is 3.63. The molecule has 212 valence electrons. The van der Waals surface area contributed by atoms with Crippen molar-refractivity contribution in [1.82, 2.24) is 14.1 Å². The lowest BCUT2D eigenvalue weighted by molar-refractivity contribution is 0.0792. The first-order valence-electron chi connectivity index (χ1n) is 13.4. The topological polar surface area (TPSA) is 116 Å². The van der Waals surface area contributed by atoms with Gasteiger partial charge in [0.15, 0.2) is 0 Å². The fourth-order valence-electron chi connectivity index (χ4n) is 4.80. The third kappa shape index (κ3) is 6.28. The lowest BCUT2D eigenvalue weighted by atomic mass is 10.0. The van der Waals surface area contributed by atoms with Crippen molar-refractivity contribution in [2.45, 2.75) is 57.4 Å². The van der Waals surface area contributed by atoms with Gasteiger partial charge >= 0.3 is 6.09 Å². The molecule has 10 nitrogen and oxygen atoms in total. The van der Waals surface area contributed by atoms with Crippen LogP contribution in [0.4, 0.5) is 9.80 Å². The predicted molar refractivity (Wildman–Crippen MR) is 150 cm³/mol. The Balaban J connectivity index is 1.58. The van der Waals surface area contributed by atoms with Gasteiger partial charge in [0.2, 0.25) is 10.0 Å². The number of sulfonamides is 1. The summed E-state index contributed by atoms with van der Waals surface area (Å²) in [5, 5.41) is 3.35. The normalized spacial score (nSPS) is 15.4. The highest BCUT2D eigenvalue weighted by Gasteiger charge is 2.33. The molecular weight excluding hydrogens is 540 g/mol. The number of benzene rings is 1. The second-order valence-electron chi connectivity index (χ2n) is 9.74. The highest BCUT2D eigenvalue weighted by molar-refractivity contribution is 7.89. The molecule has 1 fully saturated rings. The Labute approximate surface area is 234 Å². The molecule has 3 amide bonds. The molecule has 2 aliphatic rings. The number of likely N-dealkylation sites (tertiary alicyclic amines) is 1. The molecule has 1 aromatic carbocycles. The average molecular weight is 577 g/mol. The maximum absolute atomic E-state index is 13.5. The zero-order chi connectivity index (χ0) is 28.2.